The molecule has 0 atom stereocenters. The van der Waals surface area contributed by atoms with E-state index < -0.39 is 0 Å². The van der Waals surface area contributed by atoms with Crippen LogP contribution in [-0.2, 0) is 7.05 Å². The molecule has 0 fully saturated rings. The van der Waals surface area contributed by atoms with Crippen LogP contribution in [0.3, 0.4) is 0 Å². The van der Waals surface area contributed by atoms with Crippen molar-refractivity contribution >= 4 is 50.3 Å². The first-order valence-corrected chi connectivity index (χ1v) is 12.7. The molecular weight excluding hydrogens is 449 g/mol. The van der Waals surface area contributed by atoms with Crippen molar-refractivity contribution in [2.75, 3.05) is 11.5 Å². The summed E-state index contributed by atoms with van der Waals surface area (Å²) in [4.78, 5) is 14.8. The number of halogens is 1. The molecular formula is C22H28FN5S3. The van der Waals surface area contributed by atoms with E-state index in [9.17, 15) is 4.39 Å². The molecule has 0 unspecified atom stereocenters. The summed E-state index contributed by atoms with van der Waals surface area (Å²) in [6.07, 6.45) is 8.18. The summed E-state index contributed by atoms with van der Waals surface area (Å²) in [5.74, 6) is 1.97. The van der Waals surface area contributed by atoms with Crippen LogP contribution in [0.4, 0.5) is 10.1 Å². The second-order valence-corrected chi connectivity index (χ2v) is 9.35. The second kappa shape index (κ2) is 12.6. The van der Waals surface area contributed by atoms with E-state index in [1.807, 2.05) is 55.0 Å². The van der Waals surface area contributed by atoms with Crippen LogP contribution in [0.1, 0.15) is 33.6 Å². The van der Waals surface area contributed by atoms with Crippen molar-refractivity contribution in [1.82, 2.24) is 19.5 Å². The van der Waals surface area contributed by atoms with E-state index in [0.29, 0.717) is 0 Å². The van der Waals surface area contributed by atoms with Gasteiger partial charge in [0, 0.05) is 42.0 Å². The third kappa shape index (κ3) is 5.93. The zero-order valence-electron chi connectivity index (χ0n) is 18.3. The maximum Gasteiger partial charge on any atom is 0.141 e. The Morgan fingerprint density at radius 2 is 2.03 bits per heavy atom. The molecule has 0 aromatic carbocycles. The maximum absolute atomic E-state index is 10.1. The molecule has 5 nitrogen and oxygen atoms in total. The largest absolute Gasteiger partial charge is 0.397 e. The van der Waals surface area contributed by atoms with Gasteiger partial charge in [0.2, 0.25) is 0 Å². The topological polar surface area (TPSA) is 69.6 Å². The summed E-state index contributed by atoms with van der Waals surface area (Å²) in [7, 11) is 2.00. The number of imidazole rings is 1. The highest BCUT2D eigenvalue weighted by Crippen LogP contribution is 2.45. The van der Waals surface area contributed by atoms with E-state index in [4.69, 9.17) is 10.7 Å². The number of fused-ring (bicyclic) bond motifs is 1. The summed E-state index contributed by atoms with van der Waals surface area (Å²) >= 11 is 5.08. The van der Waals surface area contributed by atoms with E-state index in [0.717, 1.165) is 48.0 Å². The molecule has 0 radical (unpaired) electrons. The number of thiazole rings is 1. The highest BCUT2D eigenvalue weighted by molar-refractivity contribution is 8.01. The van der Waals surface area contributed by atoms with Crippen molar-refractivity contribution in [3.05, 3.63) is 42.9 Å². The number of thioether (sulfide) groups is 1. The molecule has 0 spiro atoms. The maximum atomic E-state index is 10.1. The van der Waals surface area contributed by atoms with Gasteiger partial charge in [-0.3, -0.25) is 0 Å². The third-order valence-corrected chi connectivity index (χ3v) is 7.38. The van der Waals surface area contributed by atoms with Crippen molar-refractivity contribution in [2.45, 2.75) is 37.8 Å². The number of anilines is 1. The highest BCUT2D eigenvalue weighted by Gasteiger charge is 2.20. The van der Waals surface area contributed by atoms with Crippen molar-refractivity contribution in [1.29, 1.82) is 0 Å². The van der Waals surface area contributed by atoms with Crippen LogP contribution in [0.15, 0.2) is 47.2 Å². The van der Waals surface area contributed by atoms with Crippen molar-refractivity contribution in [3.8, 4) is 22.1 Å². The van der Waals surface area contributed by atoms with Crippen LogP contribution in [0.5, 0.6) is 0 Å². The molecule has 4 rings (SSSR count). The van der Waals surface area contributed by atoms with Gasteiger partial charge in [-0.05, 0) is 18.2 Å². The zero-order valence-corrected chi connectivity index (χ0v) is 20.7. The first kappa shape index (κ1) is 25.0. The minimum Gasteiger partial charge on any atom is -0.397 e. The standard InChI is InChI=1S/C18H19N5S3.C2H3F.C2H6/c1-3-4-8-25-18-14(19)13-11(15-20-5-7-23(15)2)10-12(22-17(13)26-18)16-21-6-9-24-16;1-2-3;1-2/h5-7,9-10H,3-4,8,19H2,1-2H3;2H,1H2;1-2H3. The predicted octanol–water partition coefficient (Wildman–Crippen LogP) is 7.42. The number of unbranched alkanes of at least 4 members (excludes halogenated alkanes) is 1. The number of hydrogen-bond acceptors (Lipinski definition) is 7. The smallest absolute Gasteiger partial charge is 0.141 e. The van der Waals surface area contributed by atoms with Crippen molar-refractivity contribution < 1.29 is 4.39 Å². The van der Waals surface area contributed by atoms with Crippen molar-refractivity contribution in [2.24, 2.45) is 7.05 Å². The Labute approximate surface area is 195 Å². The lowest BCUT2D eigenvalue weighted by molar-refractivity contribution is 0.725. The summed E-state index contributed by atoms with van der Waals surface area (Å²) in [5.41, 5.74) is 9.26. The van der Waals surface area contributed by atoms with Crippen LogP contribution in [-0.4, -0.2) is 25.3 Å². The number of rotatable bonds is 6. The molecule has 0 amide bonds. The van der Waals surface area contributed by atoms with Gasteiger partial charge in [0.25, 0.3) is 0 Å². The van der Waals surface area contributed by atoms with Gasteiger partial charge in [-0.1, -0.05) is 33.8 Å². The van der Waals surface area contributed by atoms with Gasteiger partial charge in [0.05, 0.1) is 16.2 Å². The van der Waals surface area contributed by atoms with Gasteiger partial charge in [0.1, 0.15) is 21.4 Å². The fraction of sp³-hybridized carbons (Fsp3) is 0.318. The summed E-state index contributed by atoms with van der Waals surface area (Å²) in [6.45, 7) is 8.90. The number of nitrogen functional groups attached to an aromatic ring is 1. The number of aryl methyl sites for hydroxylation is 1. The lowest BCUT2D eigenvalue weighted by atomic mass is 10.1. The molecule has 4 aromatic heterocycles. The van der Waals surface area contributed by atoms with Crippen LogP contribution < -0.4 is 5.73 Å². The van der Waals surface area contributed by atoms with Gasteiger partial charge in [-0.2, -0.15) is 0 Å². The number of nitrogens with zero attached hydrogens (tertiary/aromatic N) is 4. The van der Waals surface area contributed by atoms with Crippen LogP contribution in [0, 0.1) is 0 Å². The van der Waals surface area contributed by atoms with E-state index >= 15 is 0 Å². The molecule has 0 saturated heterocycles. The van der Waals surface area contributed by atoms with Gasteiger partial charge in [-0.15, -0.1) is 34.4 Å². The minimum atomic E-state index is 0.250. The van der Waals surface area contributed by atoms with E-state index in [1.165, 1.54) is 12.8 Å². The fourth-order valence-electron chi connectivity index (χ4n) is 2.78. The van der Waals surface area contributed by atoms with E-state index in [2.05, 4.69) is 29.5 Å². The zero-order chi connectivity index (χ0) is 22.8. The molecule has 4 heterocycles. The number of thiophene rings is 1. The average Bonchev–Trinajstić information content (AvgIpc) is 3.51. The Balaban J connectivity index is 0.000000630. The lowest BCUT2D eigenvalue weighted by Gasteiger charge is -2.07. The van der Waals surface area contributed by atoms with E-state index in [-0.39, 0.29) is 6.33 Å². The highest BCUT2D eigenvalue weighted by atomic mass is 32.2. The van der Waals surface area contributed by atoms with Crippen LogP contribution in [0.25, 0.3) is 32.3 Å². The summed E-state index contributed by atoms with van der Waals surface area (Å²) in [6, 6.07) is 2.06. The van der Waals surface area contributed by atoms with Crippen molar-refractivity contribution in [3.63, 3.8) is 0 Å². The molecule has 0 aliphatic carbocycles. The monoisotopic (exact) mass is 477 g/mol. The summed E-state index contributed by atoms with van der Waals surface area (Å²) in [5, 5.41) is 3.88. The normalized spacial score (nSPS) is 10.2. The Bertz CT molecular complexity index is 1090. The average molecular weight is 478 g/mol. The first-order chi connectivity index (χ1) is 15.1. The minimum absolute atomic E-state index is 0.250. The van der Waals surface area contributed by atoms with Crippen LogP contribution in [0.2, 0.25) is 0 Å². The van der Waals surface area contributed by atoms with Gasteiger partial charge in [0.15, 0.2) is 0 Å². The van der Waals surface area contributed by atoms with Crippen LogP contribution >= 0.6 is 34.4 Å². The Hall–Kier alpha value is -2.23. The summed E-state index contributed by atoms with van der Waals surface area (Å²) < 4.78 is 13.2. The molecule has 166 valence electrons. The number of pyridine rings is 1. The number of aromatic nitrogens is 4. The SMILES string of the molecule is C=CF.CC.CCCCSc1sc2nc(-c3nccs3)cc(-c3nccn3C)c2c1N. The second-order valence-electron chi connectivity index (χ2n) is 6.09. The molecule has 0 aliphatic heterocycles. The molecule has 9 heteroatoms. The molecule has 2 N–H and O–H groups in total. The lowest BCUT2D eigenvalue weighted by Crippen LogP contribution is -1.96. The molecule has 4 aromatic rings. The first-order valence-electron chi connectivity index (χ1n) is 10.0. The Morgan fingerprint density at radius 1 is 1.29 bits per heavy atom. The third-order valence-electron chi connectivity index (χ3n) is 4.11. The van der Waals surface area contributed by atoms with Gasteiger partial charge >= 0.3 is 0 Å². The molecule has 0 bridgehead atoms. The Morgan fingerprint density at radius 3 is 2.61 bits per heavy atom. The molecule has 31 heavy (non-hydrogen) atoms. The number of nitrogens with two attached hydrogens (primary N) is 1. The Kier molecular flexibility index (Phi) is 10.2. The predicted molar refractivity (Wildman–Crippen MR) is 136 cm³/mol. The van der Waals surface area contributed by atoms with E-state index in [1.54, 1.807) is 28.9 Å². The molecule has 0 aliphatic rings. The number of hydrogen-bond donors (Lipinski definition) is 1. The van der Waals surface area contributed by atoms with Gasteiger partial charge in [-0.25, -0.2) is 19.3 Å². The quantitative estimate of drug-likeness (QED) is 0.231. The fourth-order valence-corrected chi connectivity index (χ4v) is 5.83. The van der Waals surface area contributed by atoms with Gasteiger partial charge < -0.3 is 10.3 Å². The molecule has 0 saturated carbocycles.